The highest BCUT2D eigenvalue weighted by atomic mass is 35.5. The summed E-state index contributed by atoms with van der Waals surface area (Å²) < 4.78 is 1.36. The van der Waals surface area contributed by atoms with E-state index in [0.29, 0.717) is 16.6 Å². The molecule has 0 saturated carbocycles. The quantitative estimate of drug-likeness (QED) is 0.800. The molecule has 0 bridgehead atoms. The minimum absolute atomic E-state index is 0.109. The van der Waals surface area contributed by atoms with Gasteiger partial charge in [-0.2, -0.15) is 0 Å². The third-order valence-electron chi connectivity index (χ3n) is 3.19. The minimum atomic E-state index is -0.109. The molecule has 6 heteroatoms. The average molecular weight is 253 g/mol. The van der Waals surface area contributed by atoms with Crippen molar-refractivity contribution in [1.29, 1.82) is 0 Å². The van der Waals surface area contributed by atoms with E-state index in [0.717, 1.165) is 31.6 Å². The van der Waals surface area contributed by atoms with E-state index in [9.17, 15) is 4.79 Å². The van der Waals surface area contributed by atoms with Crippen molar-refractivity contribution in [2.75, 3.05) is 13.1 Å². The Kier molecular flexibility index (Phi) is 2.64. The van der Waals surface area contributed by atoms with E-state index < -0.39 is 0 Å². The molecule has 1 unspecified atom stereocenters. The van der Waals surface area contributed by atoms with Gasteiger partial charge in [0.1, 0.15) is 5.02 Å². The lowest BCUT2D eigenvalue weighted by Gasteiger charge is -2.21. The van der Waals surface area contributed by atoms with Gasteiger partial charge in [0.2, 0.25) is 0 Å². The maximum absolute atomic E-state index is 11.9. The number of hydrogen-bond donors (Lipinski definition) is 2. The van der Waals surface area contributed by atoms with Gasteiger partial charge in [-0.3, -0.25) is 9.89 Å². The van der Waals surface area contributed by atoms with Crippen LogP contribution in [0.2, 0.25) is 5.02 Å². The standard InChI is InChI=1S/C11H13ClN4O/c12-8-6-14-16-10(17)4-9(15-11(8)16)7-2-1-3-13-5-7/h4,6-7,13-14H,1-3,5H2. The molecule has 3 heterocycles. The molecule has 0 aliphatic carbocycles. The lowest BCUT2D eigenvalue weighted by Crippen LogP contribution is -2.30. The molecular formula is C11H13ClN4O. The first-order valence-electron chi connectivity index (χ1n) is 5.73. The molecule has 1 aliphatic rings. The number of nitrogens with zero attached hydrogens (tertiary/aromatic N) is 2. The Balaban J connectivity index is 2.10. The number of aromatic amines is 1. The van der Waals surface area contributed by atoms with Crippen LogP contribution in [0, 0.1) is 0 Å². The zero-order chi connectivity index (χ0) is 11.8. The molecule has 1 aliphatic heterocycles. The Bertz CT molecular complexity index is 597. The summed E-state index contributed by atoms with van der Waals surface area (Å²) in [7, 11) is 0. The zero-order valence-corrected chi connectivity index (χ0v) is 10.00. The van der Waals surface area contributed by atoms with E-state index in [-0.39, 0.29) is 5.56 Å². The molecule has 2 aromatic heterocycles. The molecule has 2 N–H and O–H groups in total. The summed E-state index contributed by atoms with van der Waals surface area (Å²) in [6.07, 6.45) is 3.76. The highest BCUT2D eigenvalue weighted by Gasteiger charge is 2.18. The van der Waals surface area contributed by atoms with Crippen LogP contribution in [0.25, 0.3) is 5.65 Å². The van der Waals surface area contributed by atoms with Gasteiger partial charge in [-0.05, 0) is 19.4 Å². The van der Waals surface area contributed by atoms with Crippen LogP contribution >= 0.6 is 11.6 Å². The van der Waals surface area contributed by atoms with Crippen LogP contribution in [0.3, 0.4) is 0 Å². The second-order valence-corrected chi connectivity index (χ2v) is 4.75. The predicted molar refractivity (Wildman–Crippen MR) is 65.7 cm³/mol. The molecule has 2 aromatic rings. The fraction of sp³-hybridized carbons (Fsp3) is 0.455. The fourth-order valence-electron chi connectivity index (χ4n) is 2.28. The molecule has 0 radical (unpaired) electrons. The number of nitrogens with one attached hydrogen (secondary N) is 2. The Morgan fingerprint density at radius 2 is 2.41 bits per heavy atom. The van der Waals surface area contributed by atoms with Crippen molar-refractivity contribution in [3.63, 3.8) is 0 Å². The average Bonchev–Trinajstić information content (AvgIpc) is 2.73. The van der Waals surface area contributed by atoms with E-state index in [4.69, 9.17) is 11.6 Å². The molecule has 0 spiro atoms. The van der Waals surface area contributed by atoms with E-state index in [1.807, 2.05) is 0 Å². The number of hydrogen-bond acceptors (Lipinski definition) is 3. The SMILES string of the molecule is O=c1cc(C2CCCNC2)nc2c(Cl)c[nH]n12. The van der Waals surface area contributed by atoms with Gasteiger partial charge < -0.3 is 5.32 Å². The maximum Gasteiger partial charge on any atom is 0.272 e. The van der Waals surface area contributed by atoms with Crippen LogP contribution in [0.1, 0.15) is 24.5 Å². The fourth-order valence-corrected chi connectivity index (χ4v) is 2.46. The van der Waals surface area contributed by atoms with Crippen LogP contribution in [-0.2, 0) is 0 Å². The molecule has 5 nitrogen and oxygen atoms in total. The van der Waals surface area contributed by atoms with Crippen molar-refractivity contribution in [2.45, 2.75) is 18.8 Å². The number of piperidine rings is 1. The topological polar surface area (TPSA) is 62.2 Å². The van der Waals surface area contributed by atoms with Gasteiger partial charge in [-0.1, -0.05) is 11.6 Å². The summed E-state index contributed by atoms with van der Waals surface area (Å²) >= 11 is 5.99. The minimum Gasteiger partial charge on any atom is -0.316 e. The largest absolute Gasteiger partial charge is 0.316 e. The van der Waals surface area contributed by atoms with E-state index >= 15 is 0 Å². The molecule has 17 heavy (non-hydrogen) atoms. The number of H-pyrrole nitrogens is 1. The molecule has 0 aromatic carbocycles. The summed E-state index contributed by atoms with van der Waals surface area (Å²) in [6.45, 7) is 1.92. The van der Waals surface area contributed by atoms with Crippen molar-refractivity contribution >= 4 is 17.2 Å². The number of fused-ring (bicyclic) bond motifs is 1. The monoisotopic (exact) mass is 252 g/mol. The Labute approximate surface area is 103 Å². The summed E-state index contributed by atoms with van der Waals surface area (Å²) in [6, 6.07) is 1.59. The van der Waals surface area contributed by atoms with Crippen molar-refractivity contribution in [3.05, 3.63) is 33.3 Å². The first-order valence-corrected chi connectivity index (χ1v) is 6.11. The van der Waals surface area contributed by atoms with Crippen LogP contribution in [-0.4, -0.2) is 27.7 Å². The van der Waals surface area contributed by atoms with Gasteiger partial charge in [0, 0.05) is 24.7 Å². The van der Waals surface area contributed by atoms with Gasteiger partial charge in [0.25, 0.3) is 5.56 Å². The van der Waals surface area contributed by atoms with Gasteiger partial charge in [0.15, 0.2) is 5.65 Å². The van der Waals surface area contributed by atoms with Crippen LogP contribution in [0.15, 0.2) is 17.1 Å². The van der Waals surface area contributed by atoms with E-state index in [1.54, 1.807) is 12.3 Å². The first-order chi connectivity index (χ1) is 8.25. The third-order valence-corrected chi connectivity index (χ3v) is 3.47. The Morgan fingerprint density at radius 1 is 1.53 bits per heavy atom. The van der Waals surface area contributed by atoms with Gasteiger partial charge >= 0.3 is 0 Å². The van der Waals surface area contributed by atoms with Gasteiger partial charge in [-0.25, -0.2) is 9.50 Å². The molecule has 90 valence electrons. The summed E-state index contributed by atoms with van der Waals surface area (Å²) in [4.78, 5) is 16.3. The molecule has 1 fully saturated rings. The van der Waals surface area contributed by atoms with E-state index in [2.05, 4.69) is 15.4 Å². The molecule has 0 amide bonds. The summed E-state index contributed by atoms with van der Waals surface area (Å²) in [5.74, 6) is 0.312. The van der Waals surface area contributed by atoms with Crippen LogP contribution in [0.5, 0.6) is 0 Å². The second kappa shape index (κ2) is 4.16. The molecular weight excluding hydrogens is 240 g/mol. The van der Waals surface area contributed by atoms with Crippen molar-refractivity contribution < 1.29 is 0 Å². The predicted octanol–water partition coefficient (Wildman–Crippen LogP) is 1.14. The Morgan fingerprint density at radius 3 is 3.18 bits per heavy atom. The van der Waals surface area contributed by atoms with E-state index in [1.165, 1.54) is 4.52 Å². The third kappa shape index (κ3) is 1.85. The van der Waals surface area contributed by atoms with Crippen LogP contribution < -0.4 is 10.9 Å². The number of aromatic nitrogens is 3. The summed E-state index contributed by atoms with van der Waals surface area (Å²) in [5, 5.41) is 6.58. The smallest absolute Gasteiger partial charge is 0.272 e. The Hall–Kier alpha value is -1.33. The first kappa shape index (κ1) is 10.8. The van der Waals surface area contributed by atoms with Gasteiger partial charge in [-0.15, -0.1) is 0 Å². The van der Waals surface area contributed by atoms with Crippen molar-refractivity contribution in [1.82, 2.24) is 19.9 Å². The zero-order valence-electron chi connectivity index (χ0n) is 9.24. The van der Waals surface area contributed by atoms with Crippen LogP contribution in [0.4, 0.5) is 0 Å². The molecule has 1 atom stereocenters. The number of rotatable bonds is 1. The van der Waals surface area contributed by atoms with Crippen molar-refractivity contribution in [3.8, 4) is 0 Å². The summed E-state index contributed by atoms with van der Waals surface area (Å²) in [5.41, 5.74) is 1.24. The molecule has 3 rings (SSSR count). The lowest BCUT2D eigenvalue weighted by molar-refractivity contribution is 0.454. The number of halogens is 1. The van der Waals surface area contributed by atoms with Gasteiger partial charge in [0.05, 0.1) is 5.69 Å². The lowest BCUT2D eigenvalue weighted by atomic mass is 9.96. The highest BCUT2D eigenvalue weighted by molar-refractivity contribution is 6.33. The molecule has 1 saturated heterocycles. The highest BCUT2D eigenvalue weighted by Crippen LogP contribution is 2.22. The maximum atomic E-state index is 11.9. The normalized spacial score (nSPS) is 20.9. The van der Waals surface area contributed by atoms with Crippen molar-refractivity contribution in [2.24, 2.45) is 0 Å². The second-order valence-electron chi connectivity index (χ2n) is 4.34.